The molecule has 0 spiro atoms. The monoisotopic (exact) mass is 483 g/mol. The highest BCUT2D eigenvalue weighted by Crippen LogP contribution is 2.41. The van der Waals surface area contributed by atoms with E-state index in [1.54, 1.807) is 11.0 Å². The van der Waals surface area contributed by atoms with Gasteiger partial charge in [-0.15, -0.1) is 0 Å². The fourth-order valence-electron chi connectivity index (χ4n) is 5.02. The van der Waals surface area contributed by atoms with Gasteiger partial charge in [-0.1, -0.05) is 42.5 Å². The van der Waals surface area contributed by atoms with E-state index in [-0.39, 0.29) is 17.4 Å². The van der Waals surface area contributed by atoms with Crippen LogP contribution in [0.15, 0.2) is 78.4 Å². The Kier molecular flexibility index (Phi) is 6.51. The van der Waals surface area contributed by atoms with E-state index in [9.17, 15) is 14.7 Å². The largest absolute Gasteiger partial charge is 0.507 e. The van der Waals surface area contributed by atoms with Gasteiger partial charge in [-0.05, 0) is 67.3 Å². The number of carbonyl (C=O) groups excluding carboxylic acids is 2. The first-order valence-electron chi connectivity index (χ1n) is 12.3. The van der Waals surface area contributed by atoms with Crippen molar-refractivity contribution in [1.82, 2.24) is 4.90 Å². The number of rotatable bonds is 7. The molecule has 0 aliphatic carbocycles. The molecular weight excluding hydrogens is 454 g/mol. The summed E-state index contributed by atoms with van der Waals surface area (Å²) in [5, 5.41) is 11.4. The van der Waals surface area contributed by atoms with Crippen LogP contribution in [0.5, 0.6) is 11.5 Å². The number of nitrogens with zero attached hydrogens (tertiary/aromatic N) is 1. The molecule has 1 saturated heterocycles. The summed E-state index contributed by atoms with van der Waals surface area (Å²) in [5.41, 5.74) is 3.34. The number of hydrogen-bond acceptors (Lipinski definition) is 5. The first-order chi connectivity index (χ1) is 17.5. The Bertz CT molecular complexity index is 1330. The quantitative estimate of drug-likeness (QED) is 0.288. The fourth-order valence-corrected chi connectivity index (χ4v) is 5.02. The Morgan fingerprint density at radius 3 is 2.64 bits per heavy atom. The van der Waals surface area contributed by atoms with Crippen molar-refractivity contribution >= 4 is 17.4 Å². The molecule has 0 saturated carbocycles. The van der Waals surface area contributed by atoms with E-state index in [0.717, 1.165) is 23.3 Å². The van der Waals surface area contributed by atoms with Crippen molar-refractivity contribution < 1.29 is 24.2 Å². The highest BCUT2D eigenvalue weighted by Gasteiger charge is 2.46. The molecule has 5 rings (SSSR count). The van der Waals surface area contributed by atoms with Crippen molar-refractivity contribution in [3.8, 4) is 11.5 Å². The summed E-state index contributed by atoms with van der Waals surface area (Å²) in [4.78, 5) is 28.2. The van der Waals surface area contributed by atoms with Gasteiger partial charge in [0.2, 0.25) is 0 Å². The lowest BCUT2D eigenvalue weighted by atomic mass is 9.94. The zero-order valence-electron chi connectivity index (χ0n) is 20.4. The number of ketones is 1. The first-order valence-corrected chi connectivity index (χ1v) is 12.3. The SMILES string of the molecule is CCOc1cccc([C@@H]2C(=C(O)c3ccc4c(c3)C[C@@H](C)O4)C(=O)C(=O)N2CCc2ccccc2)c1. The third-order valence-corrected chi connectivity index (χ3v) is 6.68. The summed E-state index contributed by atoms with van der Waals surface area (Å²) < 4.78 is 11.5. The van der Waals surface area contributed by atoms with E-state index in [4.69, 9.17) is 9.47 Å². The van der Waals surface area contributed by atoms with Gasteiger partial charge in [0.05, 0.1) is 18.2 Å². The third kappa shape index (κ3) is 4.47. The molecular formula is C30H29NO5. The number of ether oxygens (including phenoxy) is 2. The second-order valence-corrected chi connectivity index (χ2v) is 9.19. The number of carbonyl (C=O) groups is 2. The minimum Gasteiger partial charge on any atom is -0.507 e. The molecule has 0 radical (unpaired) electrons. The first kappa shape index (κ1) is 23.7. The number of amides is 1. The highest BCUT2D eigenvalue weighted by molar-refractivity contribution is 6.46. The summed E-state index contributed by atoms with van der Waals surface area (Å²) in [6.45, 7) is 4.72. The minimum absolute atomic E-state index is 0.0577. The van der Waals surface area contributed by atoms with Crippen molar-refractivity contribution in [3.05, 3.63) is 101 Å². The molecule has 1 N–H and O–H groups in total. The average Bonchev–Trinajstić information content (AvgIpc) is 3.38. The van der Waals surface area contributed by atoms with Crippen molar-refractivity contribution in [2.24, 2.45) is 0 Å². The molecule has 3 aromatic carbocycles. The number of aliphatic hydroxyl groups excluding tert-OH is 1. The lowest BCUT2D eigenvalue weighted by Gasteiger charge is -2.26. The number of fused-ring (bicyclic) bond motifs is 1. The number of likely N-dealkylation sites (tertiary alicyclic amines) is 1. The molecule has 1 amide bonds. The normalized spacial score (nSPS) is 20.3. The van der Waals surface area contributed by atoms with E-state index < -0.39 is 17.7 Å². The number of Topliss-reactive ketones (excluding diaryl/α,β-unsaturated/α-hetero) is 1. The van der Waals surface area contributed by atoms with Crippen LogP contribution in [0.3, 0.4) is 0 Å². The molecule has 3 aromatic rings. The van der Waals surface area contributed by atoms with Crippen LogP contribution in [0.1, 0.15) is 42.1 Å². The van der Waals surface area contributed by atoms with Crippen molar-refractivity contribution in [1.29, 1.82) is 0 Å². The van der Waals surface area contributed by atoms with Crippen molar-refractivity contribution in [2.45, 2.75) is 38.8 Å². The molecule has 2 atom stereocenters. The zero-order valence-corrected chi connectivity index (χ0v) is 20.4. The third-order valence-electron chi connectivity index (χ3n) is 6.68. The van der Waals surface area contributed by atoms with Crippen LogP contribution in [0.4, 0.5) is 0 Å². The smallest absolute Gasteiger partial charge is 0.295 e. The van der Waals surface area contributed by atoms with Crippen LogP contribution in [0.25, 0.3) is 5.76 Å². The van der Waals surface area contributed by atoms with Crippen molar-refractivity contribution in [3.63, 3.8) is 0 Å². The maximum Gasteiger partial charge on any atom is 0.295 e. The molecule has 6 heteroatoms. The fraction of sp³-hybridized carbons (Fsp3) is 0.267. The van der Waals surface area contributed by atoms with Gasteiger partial charge in [0.15, 0.2) is 0 Å². The Morgan fingerprint density at radius 1 is 1.06 bits per heavy atom. The van der Waals surface area contributed by atoms with E-state index >= 15 is 0 Å². The van der Waals surface area contributed by atoms with Crippen LogP contribution in [0, 0.1) is 0 Å². The van der Waals surface area contributed by atoms with Crippen LogP contribution in [-0.4, -0.2) is 41.0 Å². The van der Waals surface area contributed by atoms with Gasteiger partial charge in [-0.25, -0.2) is 0 Å². The summed E-state index contributed by atoms with van der Waals surface area (Å²) in [7, 11) is 0. The van der Waals surface area contributed by atoms with Crippen LogP contribution < -0.4 is 9.47 Å². The highest BCUT2D eigenvalue weighted by atomic mass is 16.5. The number of benzene rings is 3. The van der Waals surface area contributed by atoms with E-state index in [1.807, 2.05) is 80.6 Å². The van der Waals surface area contributed by atoms with Gasteiger partial charge in [-0.3, -0.25) is 9.59 Å². The Morgan fingerprint density at radius 2 is 1.86 bits per heavy atom. The van der Waals surface area contributed by atoms with Crippen LogP contribution >= 0.6 is 0 Å². The van der Waals surface area contributed by atoms with Gasteiger partial charge in [0, 0.05) is 18.5 Å². The average molecular weight is 484 g/mol. The van der Waals surface area contributed by atoms with Gasteiger partial charge >= 0.3 is 0 Å². The van der Waals surface area contributed by atoms with Gasteiger partial charge in [0.1, 0.15) is 23.4 Å². The molecule has 2 aliphatic rings. The van der Waals surface area contributed by atoms with Crippen LogP contribution in [0.2, 0.25) is 0 Å². The maximum atomic E-state index is 13.4. The molecule has 184 valence electrons. The molecule has 6 nitrogen and oxygen atoms in total. The summed E-state index contributed by atoms with van der Waals surface area (Å²) >= 11 is 0. The summed E-state index contributed by atoms with van der Waals surface area (Å²) in [6.07, 6.45) is 1.37. The predicted molar refractivity (Wildman–Crippen MR) is 137 cm³/mol. The Hall–Kier alpha value is -4.06. The molecule has 1 fully saturated rings. The molecule has 0 unspecified atom stereocenters. The topological polar surface area (TPSA) is 76.1 Å². The van der Waals surface area contributed by atoms with Crippen molar-refractivity contribution in [2.75, 3.05) is 13.2 Å². The molecule has 36 heavy (non-hydrogen) atoms. The molecule has 0 bridgehead atoms. The number of aliphatic hydroxyl groups is 1. The predicted octanol–water partition coefficient (Wildman–Crippen LogP) is 5.07. The lowest BCUT2D eigenvalue weighted by Crippen LogP contribution is -2.31. The molecule has 0 aromatic heterocycles. The molecule has 2 aliphatic heterocycles. The zero-order chi connectivity index (χ0) is 25.2. The number of hydrogen-bond donors (Lipinski definition) is 1. The summed E-state index contributed by atoms with van der Waals surface area (Å²) in [6, 6.07) is 21.9. The second-order valence-electron chi connectivity index (χ2n) is 9.19. The molecule has 2 heterocycles. The van der Waals surface area contributed by atoms with Crippen LogP contribution in [-0.2, 0) is 22.4 Å². The van der Waals surface area contributed by atoms with E-state index in [2.05, 4.69) is 0 Å². The van der Waals surface area contributed by atoms with Gasteiger partial charge in [0.25, 0.3) is 11.7 Å². The van der Waals surface area contributed by atoms with E-state index in [1.165, 1.54) is 0 Å². The summed E-state index contributed by atoms with van der Waals surface area (Å²) in [5.74, 6) is -0.0460. The Labute approximate surface area is 210 Å². The maximum absolute atomic E-state index is 13.4. The van der Waals surface area contributed by atoms with Gasteiger partial charge < -0.3 is 19.5 Å². The standard InChI is InChI=1S/C30H29NO5/c1-3-35-24-11-7-10-21(18-24)27-26(28(32)22-12-13-25-23(17-22)16-19(2)36-25)29(33)30(34)31(27)15-14-20-8-5-4-6-9-20/h4-13,17-19,27,32H,3,14-16H2,1-2H3/t19-,27-/m1/s1. The minimum atomic E-state index is -0.724. The second kappa shape index (κ2) is 9.90. The lowest BCUT2D eigenvalue weighted by molar-refractivity contribution is -0.139. The Balaban J connectivity index is 1.58. The van der Waals surface area contributed by atoms with E-state index in [0.29, 0.717) is 36.4 Å². The van der Waals surface area contributed by atoms with Gasteiger partial charge in [-0.2, -0.15) is 0 Å².